The van der Waals surface area contributed by atoms with E-state index in [9.17, 15) is 0 Å². The molecule has 2 aromatic carbocycles. The second kappa shape index (κ2) is 8.24. The molecule has 34 heavy (non-hydrogen) atoms. The van der Waals surface area contributed by atoms with Crippen LogP contribution in [0.1, 0.15) is 44.8 Å². The maximum atomic E-state index is 5.27. The van der Waals surface area contributed by atoms with Crippen molar-refractivity contribution in [3.05, 3.63) is 102 Å². The molecular weight excluding hydrogens is 418 g/mol. The molecule has 0 amide bonds. The summed E-state index contributed by atoms with van der Waals surface area (Å²) >= 11 is 0. The molecule has 0 spiro atoms. The smallest absolute Gasteiger partial charge is 0.178 e. The maximum Gasteiger partial charge on any atom is 0.178 e. The summed E-state index contributed by atoms with van der Waals surface area (Å²) < 4.78 is 0. The summed E-state index contributed by atoms with van der Waals surface area (Å²) in [6, 6.07) is 27.0. The maximum absolute atomic E-state index is 5.27. The van der Waals surface area contributed by atoms with E-state index in [2.05, 4.69) is 98.2 Å². The van der Waals surface area contributed by atoms with Gasteiger partial charge >= 0.3 is 0 Å². The van der Waals surface area contributed by atoms with Crippen LogP contribution in [0.5, 0.6) is 0 Å². The molecule has 0 atom stereocenters. The van der Waals surface area contributed by atoms with Crippen molar-refractivity contribution in [3.63, 3.8) is 0 Å². The molecule has 4 aromatic rings. The third-order valence-corrected chi connectivity index (χ3v) is 7.40. The summed E-state index contributed by atoms with van der Waals surface area (Å²) in [6.07, 6.45) is 1.95. The lowest BCUT2D eigenvalue weighted by molar-refractivity contribution is 0.287. The van der Waals surface area contributed by atoms with E-state index in [1.54, 1.807) is 0 Å². The zero-order chi connectivity index (χ0) is 23.9. The van der Waals surface area contributed by atoms with Crippen molar-refractivity contribution in [3.8, 4) is 0 Å². The van der Waals surface area contributed by atoms with Crippen molar-refractivity contribution in [1.82, 2.24) is 15.0 Å². The van der Waals surface area contributed by atoms with Crippen molar-refractivity contribution in [2.45, 2.75) is 45.4 Å². The Hall–Kier alpha value is -3.73. The minimum atomic E-state index is -0.307. The highest BCUT2D eigenvalue weighted by atomic mass is 15.4. The van der Waals surface area contributed by atoms with Gasteiger partial charge in [-0.15, -0.1) is 0 Å². The number of pyridine rings is 1. The second-order valence-electron chi connectivity index (χ2n) is 9.99. The number of aryl methyl sites for hydroxylation is 1. The van der Waals surface area contributed by atoms with Crippen LogP contribution in [0.4, 0.5) is 23.0 Å². The molecular formula is C29H31N5. The second-order valence-corrected chi connectivity index (χ2v) is 9.99. The van der Waals surface area contributed by atoms with Crippen molar-refractivity contribution < 1.29 is 0 Å². The summed E-state index contributed by atoms with van der Waals surface area (Å²) in [6.45, 7) is 11.7. The SMILES string of the molecule is Cc1cccc(C(C)(C)C(C)(C)c2cnc3c(n2)N(c2ccccc2)CN3c2ccccc2)n1. The molecule has 1 aliphatic heterocycles. The van der Waals surface area contributed by atoms with Crippen LogP contribution in [0.3, 0.4) is 0 Å². The molecule has 0 bridgehead atoms. The summed E-state index contributed by atoms with van der Waals surface area (Å²) in [5.74, 6) is 1.76. The van der Waals surface area contributed by atoms with Crippen molar-refractivity contribution in [1.29, 1.82) is 0 Å². The highest BCUT2D eigenvalue weighted by Gasteiger charge is 2.43. The molecule has 0 aliphatic carbocycles. The molecule has 5 heteroatoms. The van der Waals surface area contributed by atoms with E-state index in [1.165, 1.54) is 0 Å². The Balaban J connectivity index is 1.62. The van der Waals surface area contributed by atoms with Crippen LogP contribution in [0.25, 0.3) is 0 Å². The first kappa shape index (κ1) is 22.1. The number of rotatable bonds is 5. The Kier molecular flexibility index (Phi) is 5.35. The standard InChI is InChI=1S/C29H31N5/c1-21-13-12-18-24(31-21)28(2,3)29(4,5)25-19-30-26-27(32-25)34(23-16-10-7-11-17-23)20-33(26)22-14-8-6-9-15-22/h6-19H,20H2,1-5H3. The van der Waals surface area contributed by atoms with Gasteiger partial charge in [0.1, 0.15) is 6.67 Å². The van der Waals surface area contributed by atoms with E-state index in [4.69, 9.17) is 15.0 Å². The largest absolute Gasteiger partial charge is 0.305 e. The number of hydrogen-bond donors (Lipinski definition) is 0. The Morgan fingerprint density at radius 3 is 1.76 bits per heavy atom. The number of aromatic nitrogens is 3. The molecule has 5 nitrogen and oxygen atoms in total. The zero-order valence-corrected chi connectivity index (χ0v) is 20.5. The summed E-state index contributed by atoms with van der Waals surface area (Å²) in [4.78, 5) is 19.6. The van der Waals surface area contributed by atoms with Gasteiger partial charge in [0.05, 0.1) is 11.9 Å². The molecule has 172 valence electrons. The quantitative estimate of drug-likeness (QED) is 0.340. The van der Waals surface area contributed by atoms with Crippen LogP contribution in [0, 0.1) is 6.92 Å². The average molecular weight is 450 g/mol. The number of benzene rings is 2. The zero-order valence-electron chi connectivity index (χ0n) is 20.5. The van der Waals surface area contributed by atoms with Gasteiger partial charge in [-0.25, -0.2) is 9.97 Å². The summed E-state index contributed by atoms with van der Waals surface area (Å²) in [5.41, 5.74) is 4.69. The molecule has 0 N–H and O–H groups in total. The summed E-state index contributed by atoms with van der Waals surface area (Å²) in [5, 5.41) is 0. The fourth-order valence-electron chi connectivity index (χ4n) is 4.48. The van der Waals surface area contributed by atoms with Gasteiger partial charge in [0.15, 0.2) is 11.6 Å². The van der Waals surface area contributed by atoms with Gasteiger partial charge in [-0.1, -0.05) is 70.2 Å². The highest BCUT2D eigenvalue weighted by molar-refractivity contribution is 5.81. The van der Waals surface area contributed by atoms with E-state index >= 15 is 0 Å². The number of nitrogens with zero attached hydrogens (tertiary/aromatic N) is 5. The molecule has 5 rings (SSSR count). The Bertz CT molecular complexity index is 1300. The van der Waals surface area contributed by atoms with E-state index < -0.39 is 0 Å². The van der Waals surface area contributed by atoms with Gasteiger partial charge in [-0.3, -0.25) is 4.98 Å². The lowest BCUT2D eigenvalue weighted by Gasteiger charge is -2.41. The average Bonchev–Trinajstić information content (AvgIpc) is 3.24. The molecule has 0 unspecified atom stereocenters. The van der Waals surface area contributed by atoms with Gasteiger partial charge in [-0.2, -0.15) is 0 Å². The summed E-state index contributed by atoms with van der Waals surface area (Å²) in [7, 11) is 0. The number of para-hydroxylation sites is 2. The van der Waals surface area contributed by atoms with Gasteiger partial charge in [-0.05, 0) is 43.3 Å². The minimum absolute atomic E-state index is 0.253. The van der Waals surface area contributed by atoms with Gasteiger partial charge in [0, 0.05) is 33.6 Å². The minimum Gasteiger partial charge on any atom is -0.305 e. The Morgan fingerprint density at radius 2 is 1.18 bits per heavy atom. The fraction of sp³-hybridized carbons (Fsp3) is 0.276. The van der Waals surface area contributed by atoms with Crippen molar-refractivity contribution in [2.75, 3.05) is 16.5 Å². The number of hydrogen-bond acceptors (Lipinski definition) is 5. The van der Waals surface area contributed by atoms with Gasteiger partial charge in [0.2, 0.25) is 0 Å². The topological polar surface area (TPSA) is 45.2 Å². The van der Waals surface area contributed by atoms with E-state index in [0.29, 0.717) is 6.67 Å². The molecule has 3 heterocycles. The van der Waals surface area contributed by atoms with Crippen molar-refractivity contribution in [2.24, 2.45) is 0 Å². The first-order valence-electron chi connectivity index (χ1n) is 11.8. The van der Waals surface area contributed by atoms with Gasteiger partial charge in [0.25, 0.3) is 0 Å². The van der Waals surface area contributed by atoms with Crippen LogP contribution in [0.2, 0.25) is 0 Å². The molecule has 0 saturated carbocycles. The molecule has 1 aliphatic rings. The van der Waals surface area contributed by atoms with Crippen LogP contribution in [-0.2, 0) is 10.8 Å². The molecule has 2 aromatic heterocycles. The molecule has 0 fully saturated rings. The Labute approximate surface area is 202 Å². The highest BCUT2D eigenvalue weighted by Crippen LogP contribution is 2.46. The lowest BCUT2D eigenvalue weighted by Crippen LogP contribution is -2.42. The van der Waals surface area contributed by atoms with Crippen LogP contribution < -0.4 is 9.80 Å². The van der Waals surface area contributed by atoms with E-state index in [-0.39, 0.29) is 10.8 Å². The molecule has 0 radical (unpaired) electrons. The van der Waals surface area contributed by atoms with Crippen LogP contribution >= 0.6 is 0 Å². The van der Waals surface area contributed by atoms with Gasteiger partial charge < -0.3 is 9.80 Å². The predicted octanol–water partition coefficient (Wildman–Crippen LogP) is 6.68. The Morgan fingerprint density at radius 1 is 0.618 bits per heavy atom. The fourth-order valence-corrected chi connectivity index (χ4v) is 4.48. The number of fused-ring (bicyclic) bond motifs is 1. The third kappa shape index (κ3) is 3.61. The predicted molar refractivity (Wildman–Crippen MR) is 139 cm³/mol. The first-order chi connectivity index (χ1) is 16.3. The van der Waals surface area contributed by atoms with E-state index in [1.807, 2.05) is 31.3 Å². The van der Waals surface area contributed by atoms with Crippen molar-refractivity contribution >= 4 is 23.0 Å². The normalized spacial score (nSPS) is 13.8. The van der Waals surface area contributed by atoms with Crippen LogP contribution in [-0.4, -0.2) is 21.6 Å². The third-order valence-electron chi connectivity index (χ3n) is 7.40. The van der Waals surface area contributed by atoms with Crippen LogP contribution in [0.15, 0.2) is 85.1 Å². The first-order valence-corrected chi connectivity index (χ1v) is 11.8. The molecule has 0 saturated heterocycles. The lowest BCUT2D eigenvalue weighted by atomic mass is 9.64. The monoisotopic (exact) mass is 449 g/mol. The number of anilines is 4. The van der Waals surface area contributed by atoms with E-state index in [0.717, 1.165) is 40.1 Å².